The molecule has 0 spiro atoms. The summed E-state index contributed by atoms with van der Waals surface area (Å²) in [6.07, 6.45) is 1.32. The lowest BCUT2D eigenvalue weighted by Gasteiger charge is -2.34. The number of amides is 2. The van der Waals surface area contributed by atoms with E-state index in [9.17, 15) is 22.8 Å². The van der Waals surface area contributed by atoms with Gasteiger partial charge in [0.1, 0.15) is 16.2 Å². The molecule has 0 bridgehead atoms. The Balaban J connectivity index is 1.36. The van der Waals surface area contributed by atoms with Crippen LogP contribution in [0.4, 0.5) is 0 Å². The van der Waals surface area contributed by atoms with Crippen molar-refractivity contribution in [1.29, 1.82) is 0 Å². The molecular weight excluding hydrogens is 450 g/mol. The van der Waals surface area contributed by atoms with Gasteiger partial charge in [0.2, 0.25) is 21.4 Å². The first-order valence-corrected chi connectivity index (χ1v) is 11.7. The van der Waals surface area contributed by atoms with Gasteiger partial charge >= 0.3 is 0 Å². The monoisotopic (exact) mass is 473 g/mol. The van der Waals surface area contributed by atoms with Crippen LogP contribution in [0.15, 0.2) is 44.7 Å². The second-order valence-electron chi connectivity index (χ2n) is 7.70. The van der Waals surface area contributed by atoms with Crippen molar-refractivity contribution >= 4 is 32.7 Å². The summed E-state index contributed by atoms with van der Waals surface area (Å²) in [6, 6.07) is 6.82. The van der Waals surface area contributed by atoms with E-state index in [0.29, 0.717) is 10.9 Å². The van der Waals surface area contributed by atoms with Gasteiger partial charge in [-0.25, -0.2) is 8.42 Å². The van der Waals surface area contributed by atoms with Crippen molar-refractivity contribution in [3.05, 3.63) is 57.7 Å². The second-order valence-corrected chi connectivity index (χ2v) is 9.57. The maximum Gasteiger partial charge on any atom is 0.257 e. The number of aromatic amines is 1. The molecule has 2 amide bonds. The van der Waals surface area contributed by atoms with Gasteiger partial charge in [0.05, 0.1) is 6.54 Å². The number of carbonyl (C=O) groups is 2. The van der Waals surface area contributed by atoms with Crippen LogP contribution in [0.1, 0.15) is 21.8 Å². The van der Waals surface area contributed by atoms with Gasteiger partial charge < -0.3 is 19.7 Å². The van der Waals surface area contributed by atoms with Gasteiger partial charge in [0.15, 0.2) is 5.76 Å². The summed E-state index contributed by atoms with van der Waals surface area (Å²) in [4.78, 5) is 42.0. The number of nitrogens with zero attached hydrogens (tertiary/aromatic N) is 3. The molecule has 3 heterocycles. The molecule has 12 heteroatoms. The standard InChI is InChI=1S/C21H23N5O6S/c1-13-20(14(2)32-24-13)33(30,31)26-9-7-25(8-10-26)18(27)12-23-21(29)16-11-22-17-6-4-3-5-15(17)19(16)28/h3-6,11H,7-10,12H2,1-2H3,(H,22,28)(H,23,29). The summed E-state index contributed by atoms with van der Waals surface area (Å²) in [5, 5.41) is 6.56. The molecule has 174 valence electrons. The first kappa shape index (κ1) is 22.7. The lowest BCUT2D eigenvalue weighted by atomic mass is 10.1. The van der Waals surface area contributed by atoms with Crippen molar-refractivity contribution in [2.75, 3.05) is 32.7 Å². The van der Waals surface area contributed by atoms with Crippen molar-refractivity contribution in [2.45, 2.75) is 18.7 Å². The first-order chi connectivity index (χ1) is 15.7. The minimum Gasteiger partial charge on any atom is -0.360 e. The highest BCUT2D eigenvalue weighted by molar-refractivity contribution is 7.89. The van der Waals surface area contributed by atoms with E-state index in [1.807, 2.05) is 0 Å². The number of para-hydroxylation sites is 1. The number of H-pyrrole nitrogens is 1. The van der Waals surface area contributed by atoms with Crippen LogP contribution in [0.5, 0.6) is 0 Å². The number of fused-ring (bicyclic) bond motifs is 1. The van der Waals surface area contributed by atoms with E-state index in [4.69, 9.17) is 4.52 Å². The Bertz CT molecular complexity index is 1370. The van der Waals surface area contributed by atoms with E-state index >= 15 is 0 Å². The van der Waals surface area contributed by atoms with Gasteiger partial charge in [-0.05, 0) is 26.0 Å². The van der Waals surface area contributed by atoms with Gasteiger partial charge in [0, 0.05) is 43.3 Å². The largest absolute Gasteiger partial charge is 0.360 e. The number of sulfonamides is 1. The quantitative estimate of drug-likeness (QED) is 0.545. The Hall–Kier alpha value is -3.51. The summed E-state index contributed by atoms with van der Waals surface area (Å²) >= 11 is 0. The molecule has 3 aromatic rings. The molecule has 2 aromatic heterocycles. The molecule has 4 rings (SSSR count). The second kappa shape index (κ2) is 8.79. The Morgan fingerprint density at radius 3 is 2.52 bits per heavy atom. The number of aromatic nitrogens is 2. The SMILES string of the molecule is Cc1noc(C)c1S(=O)(=O)N1CCN(C(=O)CNC(=O)c2c[nH]c3ccccc3c2=O)CC1. The van der Waals surface area contributed by atoms with Crippen LogP contribution < -0.4 is 10.7 Å². The van der Waals surface area contributed by atoms with E-state index in [1.165, 1.54) is 22.3 Å². The number of hydrogen-bond acceptors (Lipinski definition) is 7. The number of hydrogen-bond donors (Lipinski definition) is 2. The number of nitrogens with one attached hydrogen (secondary N) is 2. The summed E-state index contributed by atoms with van der Waals surface area (Å²) < 4.78 is 32.1. The molecule has 1 aliphatic rings. The lowest BCUT2D eigenvalue weighted by molar-refractivity contribution is -0.131. The van der Waals surface area contributed by atoms with Crippen LogP contribution in [0.3, 0.4) is 0 Å². The van der Waals surface area contributed by atoms with Crippen LogP contribution in [-0.4, -0.2) is 72.3 Å². The maximum atomic E-state index is 12.9. The molecule has 0 radical (unpaired) electrons. The van der Waals surface area contributed by atoms with Gasteiger partial charge in [-0.1, -0.05) is 17.3 Å². The molecule has 1 saturated heterocycles. The molecule has 0 saturated carbocycles. The Kier molecular flexibility index (Phi) is 6.04. The molecule has 0 atom stereocenters. The van der Waals surface area contributed by atoms with E-state index in [-0.39, 0.29) is 60.5 Å². The zero-order chi connectivity index (χ0) is 23.8. The number of rotatable bonds is 5. The topological polar surface area (TPSA) is 146 Å². The number of carbonyl (C=O) groups excluding carboxylic acids is 2. The van der Waals surface area contributed by atoms with Gasteiger partial charge in [-0.15, -0.1) is 0 Å². The zero-order valence-corrected chi connectivity index (χ0v) is 18.9. The molecule has 33 heavy (non-hydrogen) atoms. The van der Waals surface area contributed by atoms with Crippen LogP contribution in [-0.2, 0) is 14.8 Å². The third kappa shape index (κ3) is 4.26. The number of benzene rings is 1. The number of pyridine rings is 1. The van der Waals surface area contributed by atoms with Gasteiger partial charge in [-0.2, -0.15) is 4.31 Å². The molecule has 0 unspecified atom stereocenters. The highest BCUT2D eigenvalue weighted by atomic mass is 32.2. The fourth-order valence-corrected chi connectivity index (χ4v) is 5.56. The van der Waals surface area contributed by atoms with Crippen LogP contribution in [0.25, 0.3) is 10.9 Å². The molecule has 2 N–H and O–H groups in total. The summed E-state index contributed by atoms with van der Waals surface area (Å²) in [5.41, 5.74) is 0.390. The van der Waals surface area contributed by atoms with Gasteiger partial charge in [-0.3, -0.25) is 14.4 Å². The number of aryl methyl sites for hydroxylation is 2. The third-order valence-corrected chi connectivity index (χ3v) is 7.73. The minimum atomic E-state index is -3.78. The molecule has 0 aliphatic carbocycles. The molecule has 1 aliphatic heterocycles. The zero-order valence-electron chi connectivity index (χ0n) is 18.1. The Morgan fingerprint density at radius 2 is 1.85 bits per heavy atom. The summed E-state index contributed by atoms with van der Waals surface area (Å²) in [6.45, 7) is 3.36. The van der Waals surface area contributed by atoms with Crippen molar-refractivity contribution in [1.82, 2.24) is 24.7 Å². The Labute approximate surface area is 189 Å². The van der Waals surface area contributed by atoms with Crippen molar-refractivity contribution in [3.8, 4) is 0 Å². The molecule has 11 nitrogen and oxygen atoms in total. The van der Waals surface area contributed by atoms with Gasteiger partial charge in [0.25, 0.3) is 5.91 Å². The van der Waals surface area contributed by atoms with Crippen molar-refractivity contribution in [2.24, 2.45) is 0 Å². The average molecular weight is 474 g/mol. The van der Waals surface area contributed by atoms with Crippen LogP contribution in [0, 0.1) is 13.8 Å². The smallest absolute Gasteiger partial charge is 0.257 e. The fraction of sp³-hybridized carbons (Fsp3) is 0.333. The average Bonchev–Trinajstić information content (AvgIpc) is 3.16. The highest BCUT2D eigenvalue weighted by Gasteiger charge is 2.34. The predicted octanol–water partition coefficient (Wildman–Crippen LogP) is 0.396. The van der Waals surface area contributed by atoms with E-state index in [2.05, 4.69) is 15.5 Å². The highest BCUT2D eigenvalue weighted by Crippen LogP contribution is 2.24. The van der Waals surface area contributed by atoms with Crippen molar-refractivity contribution < 1.29 is 22.5 Å². The molecular formula is C21H23N5O6S. The number of piperazine rings is 1. The summed E-state index contributed by atoms with van der Waals surface area (Å²) in [5.74, 6) is -0.803. The maximum absolute atomic E-state index is 12.9. The van der Waals surface area contributed by atoms with Crippen LogP contribution >= 0.6 is 0 Å². The summed E-state index contributed by atoms with van der Waals surface area (Å²) in [7, 11) is -3.78. The van der Waals surface area contributed by atoms with E-state index in [1.54, 1.807) is 31.2 Å². The first-order valence-electron chi connectivity index (χ1n) is 10.3. The van der Waals surface area contributed by atoms with Crippen LogP contribution in [0.2, 0.25) is 0 Å². The minimum absolute atomic E-state index is 0.0511. The molecule has 1 aromatic carbocycles. The van der Waals surface area contributed by atoms with Crippen molar-refractivity contribution in [3.63, 3.8) is 0 Å². The normalized spacial score (nSPS) is 15.0. The lowest BCUT2D eigenvalue weighted by Crippen LogP contribution is -2.52. The molecule has 1 fully saturated rings. The fourth-order valence-electron chi connectivity index (χ4n) is 3.85. The third-order valence-electron chi connectivity index (χ3n) is 5.59. The predicted molar refractivity (Wildman–Crippen MR) is 118 cm³/mol. The van der Waals surface area contributed by atoms with E-state index < -0.39 is 21.4 Å². The van der Waals surface area contributed by atoms with E-state index in [0.717, 1.165) is 0 Å². The Morgan fingerprint density at radius 1 is 1.15 bits per heavy atom.